The van der Waals surface area contributed by atoms with E-state index in [1.54, 1.807) is 0 Å². The standard InChI is InChI=1S/C9H17NO2/c1-9(2)5-6(9)7(11)3-4-8(10)12/h6,8,12H,3-5,10H2,1-2H3/t6-,8?/m0/s1. The van der Waals surface area contributed by atoms with E-state index in [1.165, 1.54) is 0 Å². The molecule has 1 unspecified atom stereocenters. The van der Waals surface area contributed by atoms with E-state index in [2.05, 4.69) is 13.8 Å². The molecule has 0 aromatic carbocycles. The molecule has 1 saturated carbocycles. The number of aliphatic hydroxyl groups excluding tert-OH is 1. The molecule has 0 aromatic heterocycles. The third kappa shape index (κ3) is 2.29. The van der Waals surface area contributed by atoms with Gasteiger partial charge in [0.2, 0.25) is 0 Å². The van der Waals surface area contributed by atoms with Gasteiger partial charge in [-0.2, -0.15) is 0 Å². The van der Waals surface area contributed by atoms with Crippen molar-refractivity contribution in [1.29, 1.82) is 0 Å². The fourth-order valence-corrected chi connectivity index (χ4v) is 1.48. The number of hydrogen-bond donors (Lipinski definition) is 2. The van der Waals surface area contributed by atoms with E-state index in [9.17, 15) is 4.79 Å². The van der Waals surface area contributed by atoms with Gasteiger partial charge in [0.1, 0.15) is 12.0 Å². The van der Waals surface area contributed by atoms with E-state index < -0.39 is 6.23 Å². The largest absolute Gasteiger partial charge is 0.379 e. The Morgan fingerprint density at radius 2 is 2.25 bits per heavy atom. The van der Waals surface area contributed by atoms with Gasteiger partial charge in [0.15, 0.2) is 0 Å². The molecule has 0 radical (unpaired) electrons. The molecule has 3 N–H and O–H groups in total. The first-order chi connectivity index (χ1) is 5.43. The monoisotopic (exact) mass is 171 g/mol. The summed E-state index contributed by atoms with van der Waals surface area (Å²) in [4.78, 5) is 11.4. The third-order valence-electron chi connectivity index (χ3n) is 2.59. The summed E-state index contributed by atoms with van der Waals surface area (Å²) in [5.41, 5.74) is 5.34. The number of Topliss-reactive ketones (excluding diaryl/α,β-unsaturated/α-hetero) is 1. The molecule has 3 heteroatoms. The Balaban J connectivity index is 2.23. The number of nitrogens with two attached hydrogens (primary N) is 1. The van der Waals surface area contributed by atoms with Crippen LogP contribution < -0.4 is 5.73 Å². The second-order valence-electron chi connectivity index (χ2n) is 4.32. The number of aliphatic hydroxyl groups is 1. The molecular formula is C9H17NO2. The molecule has 0 bridgehead atoms. The van der Waals surface area contributed by atoms with Crippen molar-refractivity contribution in [2.24, 2.45) is 17.1 Å². The van der Waals surface area contributed by atoms with Crippen LogP contribution in [0.3, 0.4) is 0 Å². The van der Waals surface area contributed by atoms with E-state index in [0.717, 1.165) is 6.42 Å². The number of hydrogen-bond acceptors (Lipinski definition) is 3. The number of carbonyl (C=O) groups is 1. The van der Waals surface area contributed by atoms with E-state index in [0.29, 0.717) is 12.8 Å². The molecule has 2 atom stereocenters. The lowest BCUT2D eigenvalue weighted by Gasteiger charge is -2.04. The van der Waals surface area contributed by atoms with Gasteiger partial charge in [0.25, 0.3) is 0 Å². The van der Waals surface area contributed by atoms with Crippen molar-refractivity contribution in [2.45, 2.75) is 39.3 Å². The summed E-state index contributed by atoms with van der Waals surface area (Å²) in [6, 6.07) is 0. The van der Waals surface area contributed by atoms with E-state index in [-0.39, 0.29) is 17.1 Å². The summed E-state index contributed by atoms with van der Waals surface area (Å²) in [5, 5.41) is 8.76. The molecule has 0 aromatic rings. The van der Waals surface area contributed by atoms with Crippen molar-refractivity contribution < 1.29 is 9.90 Å². The van der Waals surface area contributed by atoms with Crippen molar-refractivity contribution in [1.82, 2.24) is 0 Å². The lowest BCUT2D eigenvalue weighted by Crippen LogP contribution is -2.20. The summed E-state index contributed by atoms with van der Waals surface area (Å²) in [6.07, 6.45) is 0.972. The highest BCUT2D eigenvalue weighted by Gasteiger charge is 2.49. The van der Waals surface area contributed by atoms with Crippen molar-refractivity contribution in [3.8, 4) is 0 Å². The molecule has 3 nitrogen and oxygen atoms in total. The Hall–Kier alpha value is -0.410. The van der Waals surface area contributed by atoms with E-state index in [4.69, 9.17) is 10.8 Å². The zero-order chi connectivity index (χ0) is 9.35. The maximum Gasteiger partial charge on any atom is 0.136 e. The molecule has 1 aliphatic rings. The maximum atomic E-state index is 11.4. The molecule has 0 aliphatic heterocycles. The first-order valence-electron chi connectivity index (χ1n) is 4.40. The average molecular weight is 171 g/mol. The highest BCUT2D eigenvalue weighted by Crippen LogP contribution is 2.52. The summed E-state index contributed by atoms with van der Waals surface area (Å²) in [7, 11) is 0. The quantitative estimate of drug-likeness (QED) is 0.611. The molecule has 1 fully saturated rings. The Bertz CT molecular complexity index is 187. The van der Waals surface area contributed by atoms with Crippen LogP contribution in [0.25, 0.3) is 0 Å². The predicted molar refractivity (Wildman–Crippen MR) is 46.3 cm³/mol. The van der Waals surface area contributed by atoms with Gasteiger partial charge in [-0.05, 0) is 18.3 Å². The van der Waals surface area contributed by atoms with Crippen LogP contribution in [0.2, 0.25) is 0 Å². The Labute approximate surface area is 72.9 Å². The van der Waals surface area contributed by atoms with Gasteiger partial charge in [-0.1, -0.05) is 13.8 Å². The van der Waals surface area contributed by atoms with Crippen LogP contribution in [0.5, 0.6) is 0 Å². The molecule has 1 aliphatic carbocycles. The molecule has 1 rings (SSSR count). The first-order valence-corrected chi connectivity index (χ1v) is 4.40. The zero-order valence-electron chi connectivity index (χ0n) is 7.71. The summed E-state index contributed by atoms with van der Waals surface area (Å²) >= 11 is 0. The van der Waals surface area contributed by atoms with Crippen LogP contribution in [-0.4, -0.2) is 17.1 Å². The van der Waals surface area contributed by atoms with E-state index >= 15 is 0 Å². The van der Waals surface area contributed by atoms with Crippen LogP contribution in [0, 0.1) is 11.3 Å². The first kappa shape index (κ1) is 9.68. The molecule has 70 valence electrons. The SMILES string of the molecule is CC1(C)C[C@H]1C(=O)CCC(N)O. The number of ketones is 1. The third-order valence-corrected chi connectivity index (χ3v) is 2.59. The van der Waals surface area contributed by atoms with Crippen molar-refractivity contribution in [3.63, 3.8) is 0 Å². The highest BCUT2D eigenvalue weighted by atomic mass is 16.3. The van der Waals surface area contributed by atoms with Gasteiger partial charge >= 0.3 is 0 Å². The van der Waals surface area contributed by atoms with Gasteiger partial charge < -0.3 is 10.8 Å². The molecule has 0 amide bonds. The smallest absolute Gasteiger partial charge is 0.136 e. The Morgan fingerprint density at radius 1 is 1.75 bits per heavy atom. The van der Waals surface area contributed by atoms with E-state index in [1.807, 2.05) is 0 Å². The summed E-state index contributed by atoms with van der Waals surface area (Å²) in [5.74, 6) is 0.473. The number of carbonyl (C=O) groups excluding carboxylic acids is 1. The molecule has 0 saturated heterocycles. The van der Waals surface area contributed by atoms with Crippen molar-refractivity contribution in [3.05, 3.63) is 0 Å². The van der Waals surface area contributed by atoms with Gasteiger partial charge in [0, 0.05) is 12.3 Å². The minimum Gasteiger partial charge on any atom is -0.379 e. The van der Waals surface area contributed by atoms with Gasteiger partial charge in [-0.25, -0.2) is 0 Å². The van der Waals surface area contributed by atoms with Gasteiger partial charge in [-0.15, -0.1) is 0 Å². The summed E-state index contributed by atoms with van der Waals surface area (Å²) in [6.45, 7) is 4.18. The van der Waals surface area contributed by atoms with Crippen LogP contribution in [-0.2, 0) is 4.79 Å². The van der Waals surface area contributed by atoms with Crippen molar-refractivity contribution >= 4 is 5.78 Å². The fraction of sp³-hybridized carbons (Fsp3) is 0.889. The zero-order valence-corrected chi connectivity index (χ0v) is 7.71. The minimum atomic E-state index is -0.837. The molecule has 12 heavy (non-hydrogen) atoms. The summed E-state index contributed by atoms with van der Waals surface area (Å²) < 4.78 is 0. The van der Waals surface area contributed by atoms with Gasteiger partial charge in [-0.3, -0.25) is 4.79 Å². The van der Waals surface area contributed by atoms with Crippen LogP contribution in [0.1, 0.15) is 33.1 Å². The molecular weight excluding hydrogens is 154 g/mol. The van der Waals surface area contributed by atoms with Crippen LogP contribution in [0.4, 0.5) is 0 Å². The number of rotatable bonds is 4. The second kappa shape index (κ2) is 3.15. The normalized spacial score (nSPS) is 28.2. The average Bonchev–Trinajstić information content (AvgIpc) is 2.55. The Kier molecular flexibility index (Phi) is 2.54. The second-order valence-corrected chi connectivity index (χ2v) is 4.32. The lowest BCUT2D eigenvalue weighted by molar-refractivity contribution is -0.121. The highest BCUT2D eigenvalue weighted by molar-refractivity contribution is 5.84. The maximum absolute atomic E-state index is 11.4. The van der Waals surface area contributed by atoms with Gasteiger partial charge in [0.05, 0.1) is 0 Å². The Morgan fingerprint density at radius 3 is 2.58 bits per heavy atom. The van der Waals surface area contributed by atoms with Crippen molar-refractivity contribution in [2.75, 3.05) is 0 Å². The minimum absolute atomic E-state index is 0.205. The lowest BCUT2D eigenvalue weighted by atomic mass is 10.0. The molecule has 0 spiro atoms. The predicted octanol–water partition coefficient (Wildman–Crippen LogP) is 0.659. The topological polar surface area (TPSA) is 63.3 Å². The van der Waals surface area contributed by atoms with Crippen LogP contribution in [0.15, 0.2) is 0 Å². The molecule has 0 heterocycles. The van der Waals surface area contributed by atoms with Crippen LogP contribution >= 0.6 is 0 Å². The fourth-order valence-electron chi connectivity index (χ4n) is 1.48.